The number of nitrogens with zero attached hydrogens (tertiary/aromatic N) is 1. The molecule has 0 radical (unpaired) electrons. The third-order valence-electron chi connectivity index (χ3n) is 7.43. The number of carbonyl (C=O) groups is 1. The molecule has 5 nitrogen and oxygen atoms in total. The zero-order valence-electron chi connectivity index (χ0n) is 19.7. The third-order valence-corrected chi connectivity index (χ3v) is 7.43. The molecule has 0 unspecified atom stereocenters. The number of nitrogens with one attached hydrogen (secondary N) is 3. The molecule has 3 N–H and O–H groups in total. The molecule has 35 heavy (non-hydrogen) atoms. The topological polar surface area (TPSA) is 66.0 Å². The van der Waals surface area contributed by atoms with Crippen molar-refractivity contribution in [1.82, 2.24) is 15.6 Å². The second-order valence-electron chi connectivity index (χ2n) is 10.2. The zero-order valence-corrected chi connectivity index (χ0v) is 19.7. The van der Waals surface area contributed by atoms with Crippen molar-refractivity contribution in [2.75, 3.05) is 25.0 Å². The van der Waals surface area contributed by atoms with Gasteiger partial charge < -0.3 is 16.0 Å². The Morgan fingerprint density at radius 1 is 1.26 bits per heavy atom. The van der Waals surface area contributed by atoms with Gasteiger partial charge in [-0.15, -0.1) is 0 Å². The van der Waals surface area contributed by atoms with Gasteiger partial charge in [0.1, 0.15) is 0 Å². The monoisotopic (exact) mass is 484 g/mol. The largest absolute Gasteiger partial charge is 0.417 e. The van der Waals surface area contributed by atoms with E-state index in [4.69, 9.17) is 0 Å². The molecule has 3 fully saturated rings. The van der Waals surface area contributed by atoms with Crippen molar-refractivity contribution in [2.45, 2.75) is 50.7 Å². The Balaban J connectivity index is 1.41. The van der Waals surface area contributed by atoms with Crippen LogP contribution in [-0.4, -0.2) is 42.7 Å². The standard InChI is InChI=1S/C27H31F3N4O/c1-17(27(28,29)30)24-21-6-2-7-23(33-20-14-26(15-20)10-4-11-31-16-26)22(21)13-19(34-24)5-3-12-32-25(35)18-8-9-18/h2-3,5-7,13,18,20,31,33H,1,4,8-12,14-16H2,(H,32,35)/b5-3+. The van der Waals surface area contributed by atoms with Crippen LogP contribution >= 0.6 is 0 Å². The predicted molar refractivity (Wildman–Crippen MR) is 133 cm³/mol. The minimum absolute atomic E-state index is 0.0187. The van der Waals surface area contributed by atoms with Crippen LogP contribution in [0.5, 0.6) is 0 Å². The highest BCUT2D eigenvalue weighted by Gasteiger charge is 2.44. The van der Waals surface area contributed by atoms with Crippen LogP contribution in [0.2, 0.25) is 0 Å². The van der Waals surface area contributed by atoms with E-state index >= 15 is 0 Å². The summed E-state index contributed by atoms with van der Waals surface area (Å²) in [6.45, 7) is 5.73. The summed E-state index contributed by atoms with van der Waals surface area (Å²) in [5, 5.41) is 11.0. The SMILES string of the molecule is C=C(c1nc(/C=C/CNC(=O)C2CC2)cc2c(NC3CC4(CCCNC4)C3)cccc12)C(F)(F)F. The highest BCUT2D eigenvalue weighted by atomic mass is 19.4. The molecule has 2 heterocycles. The van der Waals surface area contributed by atoms with Gasteiger partial charge in [0.05, 0.1) is 17.0 Å². The summed E-state index contributed by atoms with van der Waals surface area (Å²) in [5.74, 6) is 0.123. The summed E-state index contributed by atoms with van der Waals surface area (Å²) >= 11 is 0. The van der Waals surface area contributed by atoms with Gasteiger partial charge in [0.15, 0.2) is 0 Å². The van der Waals surface area contributed by atoms with E-state index in [1.165, 1.54) is 12.8 Å². The van der Waals surface area contributed by atoms with Crippen LogP contribution in [0.4, 0.5) is 18.9 Å². The van der Waals surface area contributed by atoms with E-state index in [9.17, 15) is 18.0 Å². The fourth-order valence-corrected chi connectivity index (χ4v) is 5.39. The molecule has 186 valence electrons. The first-order valence-corrected chi connectivity index (χ1v) is 12.4. The molecule has 0 atom stereocenters. The second kappa shape index (κ2) is 9.30. The summed E-state index contributed by atoms with van der Waals surface area (Å²) in [7, 11) is 0. The lowest BCUT2D eigenvalue weighted by molar-refractivity contribution is -0.122. The number of hydrogen-bond acceptors (Lipinski definition) is 4. The number of benzene rings is 1. The minimum Gasteiger partial charge on any atom is -0.382 e. The minimum atomic E-state index is -4.59. The van der Waals surface area contributed by atoms with Crippen LogP contribution in [0, 0.1) is 11.3 Å². The molecule has 2 aliphatic carbocycles. The maximum atomic E-state index is 13.6. The molecule has 0 bridgehead atoms. The number of fused-ring (bicyclic) bond motifs is 1. The average Bonchev–Trinajstić information content (AvgIpc) is 3.66. The van der Waals surface area contributed by atoms with Crippen molar-refractivity contribution in [3.63, 3.8) is 0 Å². The second-order valence-corrected chi connectivity index (χ2v) is 10.2. The average molecular weight is 485 g/mol. The van der Waals surface area contributed by atoms with Crippen LogP contribution in [0.1, 0.15) is 49.9 Å². The summed E-state index contributed by atoms with van der Waals surface area (Å²) in [4.78, 5) is 16.1. The number of rotatable bonds is 7. The first-order chi connectivity index (χ1) is 16.7. The Morgan fingerprint density at radius 3 is 2.74 bits per heavy atom. The van der Waals surface area contributed by atoms with Crippen molar-refractivity contribution in [3.05, 3.63) is 48.3 Å². The maximum Gasteiger partial charge on any atom is 0.417 e. The van der Waals surface area contributed by atoms with Gasteiger partial charge in [0.2, 0.25) is 5.91 Å². The van der Waals surface area contributed by atoms with Gasteiger partial charge >= 0.3 is 6.18 Å². The van der Waals surface area contributed by atoms with E-state index in [1.807, 2.05) is 6.07 Å². The number of hydrogen-bond donors (Lipinski definition) is 3. The molecular weight excluding hydrogens is 453 g/mol. The van der Waals surface area contributed by atoms with Crippen molar-refractivity contribution >= 4 is 34.0 Å². The summed E-state index contributed by atoms with van der Waals surface area (Å²) in [5.41, 5.74) is 0.418. The third kappa shape index (κ3) is 5.22. The number of anilines is 1. The molecule has 5 rings (SSSR count). The first kappa shape index (κ1) is 23.9. The van der Waals surface area contributed by atoms with E-state index < -0.39 is 11.7 Å². The highest BCUT2D eigenvalue weighted by Crippen LogP contribution is 2.47. The lowest BCUT2D eigenvalue weighted by atomic mass is 9.62. The number of pyridine rings is 1. The number of carbonyl (C=O) groups excluding carboxylic acids is 1. The van der Waals surface area contributed by atoms with Gasteiger partial charge in [-0.2, -0.15) is 13.2 Å². The highest BCUT2D eigenvalue weighted by molar-refractivity contribution is 6.00. The summed E-state index contributed by atoms with van der Waals surface area (Å²) in [6, 6.07) is 7.44. The van der Waals surface area contributed by atoms with Gasteiger partial charge in [0.25, 0.3) is 0 Å². The quantitative estimate of drug-likeness (QED) is 0.499. The van der Waals surface area contributed by atoms with E-state index in [0.29, 0.717) is 34.5 Å². The molecule has 1 amide bonds. The van der Waals surface area contributed by atoms with Gasteiger partial charge in [-0.1, -0.05) is 24.8 Å². The van der Waals surface area contributed by atoms with Gasteiger partial charge in [0, 0.05) is 41.5 Å². The smallest absolute Gasteiger partial charge is 0.382 e. The number of piperidine rings is 1. The van der Waals surface area contributed by atoms with Gasteiger partial charge in [-0.05, 0) is 68.7 Å². The molecular formula is C27H31F3N4O. The number of halogens is 3. The summed E-state index contributed by atoms with van der Waals surface area (Å²) < 4.78 is 40.9. The molecule has 1 aromatic heterocycles. The first-order valence-electron chi connectivity index (χ1n) is 12.4. The normalized spacial score (nSPS) is 24.5. The van der Waals surface area contributed by atoms with Crippen LogP contribution < -0.4 is 16.0 Å². The number of aromatic nitrogens is 1. The molecule has 8 heteroatoms. The molecule has 1 saturated heterocycles. The zero-order chi connectivity index (χ0) is 24.6. The fourth-order valence-electron chi connectivity index (χ4n) is 5.39. The summed E-state index contributed by atoms with van der Waals surface area (Å²) in [6.07, 6.45) is 5.13. The molecule has 2 aromatic rings. The number of alkyl halides is 3. The number of allylic oxidation sites excluding steroid dienone is 1. The van der Waals surface area contributed by atoms with Crippen molar-refractivity contribution < 1.29 is 18.0 Å². The fraction of sp³-hybridized carbons (Fsp3) is 0.481. The van der Waals surface area contributed by atoms with E-state index in [0.717, 1.165) is 44.5 Å². The van der Waals surface area contributed by atoms with Gasteiger partial charge in [-0.25, -0.2) is 4.98 Å². The molecule has 1 aliphatic heterocycles. The lowest BCUT2D eigenvalue weighted by Crippen LogP contribution is -2.53. The van der Waals surface area contributed by atoms with Crippen LogP contribution in [0.25, 0.3) is 22.4 Å². The van der Waals surface area contributed by atoms with Crippen LogP contribution in [-0.2, 0) is 4.79 Å². The predicted octanol–water partition coefficient (Wildman–Crippen LogP) is 5.29. The van der Waals surface area contributed by atoms with E-state index in [2.05, 4.69) is 27.5 Å². The maximum absolute atomic E-state index is 13.6. The van der Waals surface area contributed by atoms with Crippen molar-refractivity contribution in [2.24, 2.45) is 11.3 Å². The lowest BCUT2D eigenvalue weighted by Gasteiger charge is -2.51. The molecule has 1 aromatic carbocycles. The Bertz CT molecular complexity index is 1150. The Hall–Kier alpha value is -2.87. The molecule has 3 aliphatic rings. The molecule has 1 spiro atoms. The van der Waals surface area contributed by atoms with Crippen LogP contribution in [0.3, 0.4) is 0 Å². The van der Waals surface area contributed by atoms with Crippen molar-refractivity contribution in [3.8, 4) is 0 Å². The van der Waals surface area contributed by atoms with Gasteiger partial charge in [-0.3, -0.25) is 4.79 Å². The Labute approximate surface area is 203 Å². The van der Waals surface area contributed by atoms with E-state index in [1.54, 1.807) is 30.4 Å². The van der Waals surface area contributed by atoms with Crippen molar-refractivity contribution in [1.29, 1.82) is 0 Å². The van der Waals surface area contributed by atoms with Crippen LogP contribution in [0.15, 0.2) is 36.9 Å². The Morgan fingerprint density at radius 2 is 2.06 bits per heavy atom. The van der Waals surface area contributed by atoms with E-state index in [-0.39, 0.29) is 17.5 Å². The molecule has 2 saturated carbocycles. The Kier molecular flexibility index (Phi) is 6.34. The number of amides is 1.